The molecule has 0 saturated carbocycles. The zero-order chi connectivity index (χ0) is 17.9. The maximum Gasteiger partial charge on any atom is 0.703 e. The van der Waals surface area contributed by atoms with Gasteiger partial charge in [0.1, 0.15) is 0 Å². The van der Waals surface area contributed by atoms with E-state index in [1.165, 1.54) is 6.08 Å². The Morgan fingerprint density at radius 2 is 2.17 bits per heavy atom. The lowest BCUT2D eigenvalue weighted by Gasteiger charge is -2.05. The molecule has 2 aromatic rings. The third kappa shape index (κ3) is 5.02. The molecule has 24 heavy (non-hydrogen) atoms. The van der Waals surface area contributed by atoms with Crippen molar-refractivity contribution < 1.29 is 23.2 Å². The molecule has 0 amide bonds. The van der Waals surface area contributed by atoms with Gasteiger partial charge >= 0.3 is 15.9 Å². The van der Waals surface area contributed by atoms with Crippen LogP contribution in [-0.4, -0.2) is 30.5 Å². The van der Waals surface area contributed by atoms with Crippen LogP contribution in [0.3, 0.4) is 0 Å². The Balaban J connectivity index is 2.04. The number of rotatable bonds is 7. The molecule has 11 heteroatoms. The van der Waals surface area contributed by atoms with Crippen molar-refractivity contribution in [3.05, 3.63) is 39.8 Å². The highest BCUT2D eigenvalue weighted by atomic mass is 79.9. The number of fused-ring (bicyclic) bond motifs is 1. The number of allylic oxidation sites excluding steroid dienone is 2. The van der Waals surface area contributed by atoms with Crippen molar-refractivity contribution in [1.29, 1.82) is 0 Å². The van der Waals surface area contributed by atoms with E-state index in [1.807, 2.05) is 19.9 Å². The zero-order valence-electron chi connectivity index (χ0n) is 13.1. The lowest BCUT2D eigenvalue weighted by Crippen LogP contribution is -2.02. The molecule has 2 N–H and O–H groups in total. The van der Waals surface area contributed by atoms with E-state index >= 15 is 0 Å². The summed E-state index contributed by atoms with van der Waals surface area (Å²) >= 11 is 3.48. The van der Waals surface area contributed by atoms with Gasteiger partial charge in [-0.05, 0) is 53.0 Å². The van der Waals surface area contributed by atoms with Crippen molar-refractivity contribution in [2.45, 2.75) is 26.7 Å². The van der Waals surface area contributed by atoms with Gasteiger partial charge in [0.05, 0.1) is 16.3 Å². The minimum atomic E-state index is -4.07. The van der Waals surface area contributed by atoms with Crippen LogP contribution in [0.15, 0.2) is 22.7 Å². The lowest BCUT2D eigenvalue weighted by molar-refractivity contribution is 0.353. The van der Waals surface area contributed by atoms with Crippen molar-refractivity contribution in [2.24, 2.45) is 0 Å². The average molecular weight is 437 g/mol. The van der Waals surface area contributed by atoms with Gasteiger partial charge in [0.2, 0.25) is 0 Å². The minimum absolute atomic E-state index is 0.314. The van der Waals surface area contributed by atoms with Crippen molar-refractivity contribution in [2.75, 3.05) is 6.16 Å². The van der Waals surface area contributed by atoms with Crippen molar-refractivity contribution in [3.8, 4) is 0 Å². The van der Waals surface area contributed by atoms with Crippen molar-refractivity contribution >= 4 is 37.4 Å². The van der Waals surface area contributed by atoms with Gasteiger partial charge in [-0.2, -0.15) is 5.10 Å². The molecule has 8 nitrogen and oxygen atoms in total. The Morgan fingerprint density at radius 3 is 2.83 bits per heavy atom. The topological polar surface area (TPSA) is 114 Å². The first-order valence-corrected chi connectivity index (χ1v) is 10.7. The van der Waals surface area contributed by atoms with Crippen LogP contribution in [-0.2, 0) is 19.9 Å². The van der Waals surface area contributed by atoms with E-state index in [0.717, 1.165) is 27.2 Å². The largest absolute Gasteiger partial charge is 0.703 e. The molecule has 0 bridgehead atoms. The van der Waals surface area contributed by atoms with Crippen LogP contribution in [0, 0.1) is 13.8 Å². The lowest BCUT2D eigenvalue weighted by atomic mass is 10.2. The maximum absolute atomic E-state index is 11.4. The van der Waals surface area contributed by atoms with Crippen molar-refractivity contribution in [1.82, 2.24) is 14.6 Å². The predicted molar refractivity (Wildman–Crippen MR) is 93.2 cm³/mol. The van der Waals surface area contributed by atoms with Crippen LogP contribution in [0.25, 0.3) is 5.65 Å². The van der Waals surface area contributed by atoms with E-state index in [1.54, 1.807) is 10.6 Å². The summed E-state index contributed by atoms with van der Waals surface area (Å²) in [4.78, 5) is 22.3. The summed E-state index contributed by atoms with van der Waals surface area (Å²) in [6.07, 6.45) is 4.15. The van der Waals surface area contributed by atoms with E-state index < -0.39 is 15.9 Å². The molecule has 0 spiro atoms. The Morgan fingerprint density at radius 1 is 1.46 bits per heavy atom. The number of aryl methyl sites for hydroxylation is 3. The summed E-state index contributed by atoms with van der Waals surface area (Å²) in [5.74, 6) is 0. The number of hydrogen-bond donors (Lipinski definition) is 2. The number of halogens is 1. The molecule has 0 aliphatic heterocycles. The quantitative estimate of drug-likeness (QED) is 0.504. The van der Waals surface area contributed by atoms with Gasteiger partial charge in [-0.3, -0.25) is 4.57 Å². The minimum Gasteiger partial charge on any atom is -0.321 e. The fourth-order valence-corrected chi connectivity index (χ4v) is 4.06. The number of nitrogens with zero attached hydrogens (tertiary/aromatic N) is 3. The Labute approximate surface area is 148 Å². The van der Waals surface area contributed by atoms with Gasteiger partial charge in [0, 0.05) is 16.0 Å². The standard InChI is InChI=1S/C13H16BrN3O5P2/c1-9-8-11(17-13(15-9)12(14)10(2)16-17)6-4-3-5-7-24(20,21)22-23(18)19/h3,5,8H,4,6-7H2,1-2H3,(H-,18,19,20,21)/p+1. The van der Waals surface area contributed by atoms with Gasteiger partial charge in [-0.15, -0.1) is 4.89 Å². The molecule has 2 atom stereocenters. The molecule has 0 fully saturated rings. The molecule has 0 aromatic carbocycles. The molecule has 0 saturated heterocycles. The van der Waals surface area contributed by atoms with E-state index in [2.05, 4.69) is 30.3 Å². The molecule has 130 valence electrons. The fraction of sp³-hybridized carbons (Fsp3) is 0.385. The molecule has 2 rings (SSSR count). The molecular weight excluding hydrogens is 420 g/mol. The fourth-order valence-electron chi connectivity index (χ4n) is 2.17. The Kier molecular flexibility index (Phi) is 6.42. The van der Waals surface area contributed by atoms with E-state index in [0.29, 0.717) is 12.8 Å². The highest BCUT2D eigenvalue weighted by Gasteiger charge is 2.31. The molecule has 2 unspecified atom stereocenters. The third-order valence-corrected chi connectivity index (χ3v) is 6.34. The summed E-state index contributed by atoms with van der Waals surface area (Å²) in [5.41, 5.74) is 3.45. The van der Waals surface area contributed by atoms with Gasteiger partial charge in [0.25, 0.3) is 0 Å². The maximum atomic E-state index is 11.4. The normalized spacial score (nSPS) is 15.1. The monoisotopic (exact) mass is 436 g/mol. The highest BCUT2D eigenvalue weighted by molar-refractivity contribution is 9.10. The average Bonchev–Trinajstić information content (AvgIpc) is 2.73. The molecule has 2 heterocycles. The SMILES string of the molecule is Cc1cc(CCC=CCP(=O)(O)O[P+](=O)O)n2nc(C)c(Br)c2n1. The Bertz CT molecular complexity index is 852. The number of hydrogen-bond acceptors (Lipinski definition) is 5. The first-order valence-electron chi connectivity index (χ1n) is 7.03. The van der Waals surface area contributed by atoms with Crippen LogP contribution in [0.4, 0.5) is 0 Å². The van der Waals surface area contributed by atoms with E-state index in [9.17, 15) is 14.0 Å². The molecular formula is C13H17BrN3O5P2+. The van der Waals surface area contributed by atoms with Gasteiger partial charge in [-0.25, -0.2) is 9.50 Å². The first kappa shape index (κ1) is 19.4. The van der Waals surface area contributed by atoms with E-state index in [4.69, 9.17) is 4.89 Å². The zero-order valence-corrected chi connectivity index (χ0v) is 16.5. The van der Waals surface area contributed by atoms with Crippen LogP contribution in [0.1, 0.15) is 23.5 Å². The second-order valence-electron chi connectivity index (χ2n) is 5.17. The van der Waals surface area contributed by atoms with Crippen LogP contribution in [0.5, 0.6) is 0 Å². The molecule has 0 aliphatic rings. The summed E-state index contributed by atoms with van der Waals surface area (Å²) < 4.78 is 28.6. The van der Waals surface area contributed by atoms with Gasteiger partial charge in [-0.1, -0.05) is 12.2 Å². The van der Waals surface area contributed by atoms with Gasteiger partial charge < -0.3 is 4.89 Å². The molecule has 2 aromatic heterocycles. The van der Waals surface area contributed by atoms with Crippen molar-refractivity contribution in [3.63, 3.8) is 0 Å². The van der Waals surface area contributed by atoms with Crippen LogP contribution >= 0.6 is 31.8 Å². The predicted octanol–water partition coefficient (Wildman–Crippen LogP) is 3.45. The summed E-state index contributed by atoms with van der Waals surface area (Å²) in [7, 11) is -7.16. The smallest absolute Gasteiger partial charge is 0.321 e. The van der Waals surface area contributed by atoms with Gasteiger partial charge in [0.15, 0.2) is 5.65 Å². The highest BCUT2D eigenvalue weighted by Crippen LogP contribution is 2.49. The Hall–Kier alpha value is -0.950. The van der Waals surface area contributed by atoms with Crippen LogP contribution in [0.2, 0.25) is 0 Å². The third-order valence-electron chi connectivity index (χ3n) is 3.16. The summed E-state index contributed by atoms with van der Waals surface area (Å²) in [6, 6.07) is 1.94. The summed E-state index contributed by atoms with van der Waals surface area (Å²) in [5, 5.41) is 4.44. The number of aromatic nitrogens is 3. The van der Waals surface area contributed by atoms with E-state index in [-0.39, 0.29) is 6.16 Å². The molecule has 0 radical (unpaired) electrons. The van der Waals surface area contributed by atoms with Crippen LogP contribution < -0.4 is 0 Å². The first-order chi connectivity index (χ1) is 11.2. The second kappa shape index (κ2) is 7.95. The second-order valence-corrected chi connectivity index (χ2v) is 8.74. The molecule has 0 aliphatic carbocycles. The summed E-state index contributed by atoms with van der Waals surface area (Å²) in [6.45, 7) is 3.80.